The number of carbonyl (C=O) groups excluding carboxylic acids is 2. The van der Waals surface area contributed by atoms with Crippen molar-refractivity contribution in [3.8, 4) is 5.75 Å². The maximum Gasteiger partial charge on any atom is 0.307 e. The number of amides is 1. The third-order valence-electron chi connectivity index (χ3n) is 3.14. The maximum atomic E-state index is 12.3. The van der Waals surface area contributed by atoms with Gasteiger partial charge in [0.25, 0.3) is 5.91 Å². The molecule has 1 amide bonds. The number of esters is 1. The molecule has 1 aromatic rings. The van der Waals surface area contributed by atoms with Crippen LogP contribution in [0.15, 0.2) is 24.3 Å². The van der Waals surface area contributed by atoms with Crippen LogP contribution in [0.1, 0.15) is 25.8 Å². The first-order valence-electron chi connectivity index (χ1n) is 7.46. The van der Waals surface area contributed by atoms with Crippen LogP contribution >= 0.6 is 0 Å². The molecule has 0 N–H and O–H groups in total. The fourth-order valence-electron chi connectivity index (χ4n) is 1.96. The Labute approximate surface area is 132 Å². The standard InChI is InChI=1S/C17H25NO4/c1-13(2)11-18(10-9-17(20)21-4)16(19)12-22-15-7-5-14(3)6-8-15/h5-8,13H,9-12H2,1-4H3. The van der Waals surface area contributed by atoms with E-state index in [1.54, 1.807) is 4.90 Å². The smallest absolute Gasteiger partial charge is 0.307 e. The number of rotatable bonds is 8. The van der Waals surface area contributed by atoms with Crippen molar-refractivity contribution in [2.24, 2.45) is 5.92 Å². The van der Waals surface area contributed by atoms with Crippen LogP contribution in [-0.4, -0.2) is 43.6 Å². The lowest BCUT2D eigenvalue weighted by Crippen LogP contribution is -2.39. The second kappa shape index (κ2) is 9.07. The first-order valence-corrected chi connectivity index (χ1v) is 7.46. The van der Waals surface area contributed by atoms with Crippen LogP contribution in [0.3, 0.4) is 0 Å². The zero-order chi connectivity index (χ0) is 16.5. The molecule has 0 bridgehead atoms. The van der Waals surface area contributed by atoms with Gasteiger partial charge in [-0.2, -0.15) is 0 Å². The average Bonchev–Trinajstić information content (AvgIpc) is 2.49. The van der Waals surface area contributed by atoms with Crippen molar-refractivity contribution in [2.75, 3.05) is 26.8 Å². The molecular weight excluding hydrogens is 282 g/mol. The molecular formula is C17H25NO4. The average molecular weight is 307 g/mol. The van der Waals surface area contributed by atoms with Crippen molar-refractivity contribution in [1.82, 2.24) is 4.90 Å². The van der Waals surface area contributed by atoms with Crippen LogP contribution in [0.2, 0.25) is 0 Å². The third-order valence-corrected chi connectivity index (χ3v) is 3.14. The molecule has 0 aromatic heterocycles. The Balaban J connectivity index is 2.54. The molecule has 0 fully saturated rings. The predicted molar refractivity (Wildman–Crippen MR) is 84.7 cm³/mol. The highest BCUT2D eigenvalue weighted by molar-refractivity contribution is 5.78. The van der Waals surface area contributed by atoms with Gasteiger partial charge in [-0.15, -0.1) is 0 Å². The summed E-state index contributed by atoms with van der Waals surface area (Å²) in [5, 5.41) is 0. The van der Waals surface area contributed by atoms with Crippen LogP contribution in [0.4, 0.5) is 0 Å². The van der Waals surface area contributed by atoms with Gasteiger partial charge in [0.2, 0.25) is 0 Å². The quantitative estimate of drug-likeness (QED) is 0.692. The highest BCUT2D eigenvalue weighted by atomic mass is 16.5. The first-order chi connectivity index (χ1) is 10.4. The van der Waals surface area contributed by atoms with Crippen molar-refractivity contribution in [3.05, 3.63) is 29.8 Å². The number of hydrogen-bond acceptors (Lipinski definition) is 4. The van der Waals surface area contributed by atoms with Gasteiger partial charge in [-0.1, -0.05) is 31.5 Å². The molecule has 0 saturated carbocycles. The first kappa shape index (κ1) is 18.0. The molecule has 0 unspecified atom stereocenters. The SMILES string of the molecule is COC(=O)CCN(CC(C)C)C(=O)COc1ccc(C)cc1. The molecule has 0 aliphatic rings. The van der Waals surface area contributed by atoms with Gasteiger partial charge in [-0.25, -0.2) is 0 Å². The molecule has 5 nitrogen and oxygen atoms in total. The second-order valence-corrected chi connectivity index (χ2v) is 5.66. The fraction of sp³-hybridized carbons (Fsp3) is 0.529. The molecule has 122 valence electrons. The zero-order valence-electron chi connectivity index (χ0n) is 13.8. The predicted octanol–water partition coefficient (Wildman–Crippen LogP) is 2.42. The largest absolute Gasteiger partial charge is 0.484 e. The Kier molecular flexibility index (Phi) is 7.43. The molecule has 0 radical (unpaired) electrons. The Bertz CT molecular complexity index is 482. The van der Waals surface area contributed by atoms with E-state index < -0.39 is 0 Å². The van der Waals surface area contributed by atoms with Crippen LogP contribution in [-0.2, 0) is 14.3 Å². The third kappa shape index (κ3) is 6.61. The van der Waals surface area contributed by atoms with Gasteiger partial charge in [-0.3, -0.25) is 9.59 Å². The highest BCUT2D eigenvalue weighted by Gasteiger charge is 2.17. The monoisotopic (exact) mass is 307 g/mol. The Hall–Kier alpha value is -2.04. The van der Waals surface area contributed by atoms with Crippen LogP contribution in [0, 0.1) is 12.8 Å². The number of aryl methyl sites for hydroxylation is 1. The van der Waals surface area contributed by atoms with Crippen molar-refractivity contribution in [3.63, 3.8) is 0 Å². The molecule has 0 aliphatic heterocycles. The van der Waals surface area contributed by atoms with E-state index >= 15 is 0 Å². The van der Waals surface area contributed by atoms with Gasteiger partial charge in [0.05, 0.1) is 13.5 Å². The van der Waals surface area contributed by atoms with E-state index in [1.807, 2.05) is 45.0 Å². The van der Waals surface area contributed by atoms with E-state index in [0.717, 1.165) is 5.56 Å². The topological polar surface area (TPSA) is 55.8 Å². The maximum absolute atomic E-state index is 12.3. The van der Waals surface area contributed by atoms with E-state index in [2.05, 4.69) is 4.74 Å². The van der Waals surface area contributed by atoms with E-state index in [-0.39, 0.29) is 24.9 Å². The van der Waals surface area contributed by atoms with E-state index in [4.69, 9.17) is 4.74 Å². The van der Waals surface area contributed by atoms with Gasteiger partial charge in [0.15, 0.2) is 6.61 Å². The molecule has 0 aliphatic carbocycles. The summed E-state index contributed by atoms with van der Waals surface area (Å²) in [6.45, 7) is 6.95. The van der Waals surface area contributed by atoms with Crippen molar-refractivity contribution in [1.29, 1.82) is 0 Å². The van der Waals surface area contributed by atoms with Gasteiger partial charge in [-0.05, 0) is 25.0 Å². The summed E-state index contributed by atoms with van der Waals surface area (Å²) >= 11 is 0. The molecule has 22 heavy (non-hydrogen) atoms. The van der Waals surface area contributed by atoms with Gasteiger partial charge in [0, 0.05) is 13.1 Å². The molecule has 0 saturated heterocycles. The second-order valence-electron chi connectivity index (χ2n) is 5.66. The van der Waals surface area contributed by atoms with Crippen LogP contribution < -0.4 is 4.74 Å². The van der Waals surface area contributed by atoms with Crippen molar-refractivity contribution >= 4 is 11.9 Å². The summed E-state index contributed by atoms with van der Waals surface area (Å²) in [5.41, 5.74) is 1.14. The summed E-state index contributed by atoms with van der Waals surface area (Å²) < 4.78 is 10.1. The number of methoxy groups -OCH3 is 1. The fourth-order valence-corrected chi connectivity index (χ4v) is 1.96. The molecule has 0 spiro atoms. The number of ether oxygens (including phenoxy) is 2. The normalized spacial score (nSPS) is 10.4. The lowest BCUT2D eigenvalue weighted by atomic mass is 10.2. The minimum absolute atomic E-state index is 0.0308. The van der Waals surface area contributed by atoms with E-state index in [9.17, 15) is 9.59 Å². The molecule has 1 aromatic carbocycles. The van der Waals surface area contributed by atoms with Crippen molar-refractivity contribution < 1.29 is 19.1 Å². The number of hydrogen-bond donors (Lipinski definition) is 0. The van der Waals surface area contributed by atoms with Gasteiger partial charge >= 0.3 is 5.97 Å². The molecule has 5 heteroatoms. The lowest BCUT2D eigenvalue weighted by molar-refractivity contribution is -0.142. The molecule has 0 atom stereocenters. The van der Waals surface area contributed by atoms with Crippen LogP contribution in [0.5, 0.6) is 5.75 Å². The minimum Gasteiger partial charge on any atom is -0.484 e. The molecule has 1 rings (SSSR count). The van der Waals surface area contributed by atoms with E-state index in [0.29, 0.717) is 24.8 Å². The molecule has 0 heterocycles. The minimum atomic E-state index is -0.319. The Morgan fingerprint density at radius 1 is 1.18 bits per heavy atom. The highest BCUT2D eigenvalue weighted by Crippen LogP contribution is 2.12. The van der Waals surface area contributed by atoms with Gasteiger partial charge in [0.1, 0.15) is 5.75 Å². The van der Waals surface area contributed by atoms with Gasteiger partial charge < -0.3 is 14.4 Å². The number of benzene rings is 1. The van der Waals surface area contributed by atoms with E-state index in [1.165, 1.54) is 7.11 Å². The summed E-state index contributed by atoms with van der Waals surface area (Å²) in [5.74, 6) is 0.538. The lowest BCUT2D eigenvalue weighted by Gasteiger charge is -2.24. The summed E-state index contributed by atoms with van der Waals surface area (Å²) in [6.07, 6.45) is 0.194. The zero-order valence-corrected chi connectivity index (χ0v) is 13.8. The Morgan fingerprint density at radius 2 is 1.82 bits per heavy atom. The number of nitrogens with zero attached hydrogens (tertiary/aromatic N) is 1. The van der Waals surface area contributed by atoms with Crippen molar-refractivity contribution in [2.45, 2.75) is 27.2 Å². The summed E-state index contributed by atoms with van der Waals surface area (Å²) in [7, 11) is 1.34. The van der Waals surface area contributed by atoms with Crippen LogP contribution in [0.25, 0.3) is 0 Å². The summed E-state index contributed by atoms with van der Waals surface area (Å²) in [6, 6.07) is 7.54. The summed E-state index contributed by atoms with van der Waals surface area (Å²) in [4.78, 5) is 25.2. The Morgan fingerprint density at radius 3 is 2.36 bits per heavy atom. The number of carbonyl (C=O) groups is 2.